The molecular weight excluding hydrogens is 244 g/mol. The van der Waals surface area contributed by atoms with Crippen LogP contribution < -0.4 is 11.1 Å². The zero-order valence-corrected chi connectivity index (χ0v) is 11.6. The van der Waals surface area contributed by atoms with Gasteiger partial charge >= 0.3 is 0 Å². The van der Waals surface area contributed by atoms with Crippen molar-refractivity contribution < 1.29 is 9.84 Å². The number of rotatable bonds is 4. The number of aromatic nitrogens is 2. The third-order valence-electron chi connectivity index (χ3n) is 3.55. The number of nitrogen functional groups attached to an aromatic ring is 1. The van der Waals surface area contributed by atoms with E-state index >= 15 is 0 Å². The zero-order chi connectivity index (χ0) is 13.9. The van der Waals surface area contributed by atoms with E-state index in [1.165, 1.54) is 0 Å². The fourth-order valence-corrected chi connectivity index (χ4v) is 2.09. The van der Waals surface area contributed by atoms with Crippen LogP contribution in [-0.4, -0.2) is 40.4 Å². The first-order valence-corrected chi connectivity index (χ1v) is 6.71. The van der Waals surface area contributed by atoms with Crippen LogP contribution in [0.3, 0.4) is 0 Å². The first kappa shape index (κ1) is 14.0. The van der Waals surface area contributed by atoms with E-state index in [0.717, 1.165) is 12.0 Å². The van der Waals surface area contributed by atoms with Gasteiger partial charge in [-0.05, 0) is 6.92 Å². The van der Waals surface area contributed by atoms with Crippen LogP contribution >= 0.6 is 0 Å². The summed E-state index contributed by atoms with van der Waals surface area (Å²) in [7, 11) is 0. The maximum absolute atomic E-state index is 10.4. The molecule has 0 amide bonds. The number of hydrogen-bond acceptors (Lipinski definition) is 6. The Morgan fingerprint density at radius 1 is 1.37 bits per heavy atom. The lowest BCUT2D eigenvalue weighted by molar-refractivity contribution is -0.0543. The van der Waals surface area contributed by atoms with E-state index in [4.69, 9.17) is 10.5 Å². The second-order valence-corrected chi connectivity index (χ2v) is 5.04. The highest BCUT2D eigenvalue weighted by Crippen LogP contribution is 2.23. The largest absolute Gasteiger partial charge is 0.388 e. The van der Waals surface area contributed by atoms with Crippen LogP contribution in [0.2, 0.25) is 0 Å². The van der Waals surface area contributed by atoms with Gasteiger partial charge in [0.1, 0.15) is 17.5 Å². The summed E-state index contributed by atoms with van der Waals surface area (Å²) >= 11 is 0. The normalized spacial score (nSPS) is 18.3. The fraction of sp³-hybridized carbons (Fsp3) is 0.692. The van der Waals surface area contributed by atoms with Gasteiger partial charge in [0.2, 0.25) is 0 Å². The Morgan fingerprint density at radius 2 is 2.05 bits per heavy atom. The molecule has 1 aromatic heterocycles. The molecule has 1 aromatic rings. The number of ether oxygens (including phenoxy) is 1. The highest BCUT2D eigenvalue weighted by Gasteiger charge is 2.29. The van der Waals surface area contributed by atoms with E-state index in [0.29, 0.717) is 50.1 Å². The van der Waals surface area contributed by atoms with Crippen LogP contribution in [0.15, 0.2) is 0 Å². The van der Waals surface area contributed by atoms with Crippen LogP contribution in [0.25, 0.3) is 0 Å². The number of nitrogens with two attached hydrogens (primary N) is 1. The number of aryl methyl sites for hydroxylation is 1. The summed E-state index contributed by atoms with van der Waals surface area (Å²) in [5.41, 5.74) is 5.97. The van der Waals surface area contributed by atoms with Crippen LogP contribution in [0.5, 0.6) is 0 Å². The molecule has 2 rings (SSSR count). The maximum atomic E-state index is 10.4. The highest BCUT2D eigenvalue weighted by molar-refractivity contribution is 5.54. The van der Waals surface area contributed by atoms with E-state index in [-0.39, 0.29) is 0 Å². The number of aliphatic hydroxyl groups is 1. The van der Waals surface area contributed by atoms with Gasteiger partial charge in [-0.3, -0.25) is 0 Å². The summed E-state index contributed by atoms with van der Waals surface area (Å²) in [5.74, 6) is 1.92. The minimum atomic E-state index is -0.725. The quantitative estimate of drug-likeness (QED) is 0.749. The molecule has 6 nitrogen and oxygen atoms in total. The molecule has 0 bridgehead atoms. The number of nitrogens with one attached hydrogen (secondary N) is 1. The number of hydrogen-bond donors (Lipinski definition) is 3. The van der Waals surface area contributed by atoms with Crippen LogP contribution in [0.1, 0.15) is 31.2 Å². The van der Waals surface area contributed by atoms with Crippen molar-refractivity contribution in [1.82, 2.24) is 9.97 Å². The van der Waals surface area contributed by atoms with Gasteiger partial charge in [-0.1, -0.05) is 6.92 Å². The van der Waals surface area contributed by atoms with E-state index < -0.39 is 5.60 Å². The Morgan fingerprint density at radius 3 is 2.68 bits per heavy atom. The number of anilines is 2. The van der Waals surface area contributed by atoms with Gasteiger partial charge < -0.3 is 20.9 Å². The van der Waals surface area contributed by atoms with Crippen molar-refractivity contribution in [2.45, 2.75) is 38.7 Å². The molecule has 0 unspecified atom stereocenters. The topological polar surface area (TPSA) is 93.3 Å². The average Bonchev–Trinajstić information content (AvgIpc) is 2.41. The summed E-state index contributed by atoms with van der Waals surface area (Å²) in [4.78, 5) is 8.63. The third-order valence-corrected chi connectivity index (χ3v) is 3.55. The minimum absolute atomic E-state index is 0.455. The molecule has 106 valence electrons. The van der Waals surface area contributed by atoms with E-state index in [1.807, 2.05) is 13.8 Å². The van der Waals surface area contributed by atoms with Crippen LogP contribution in [0, 0.1) is 6.92 Å². The van der Waals surface area contributed by atoms with Gasteiger partial charge in [0.05, 0.1) is 5.60 Å². The van der Waals surface area contributed by atoms with Gasteiger partial charge in [-0.15, -0.1) is 0 Å². The fourth-order valence-electron chi connectivity index (χ4n) is 2.09. The zero-order valence-electron chi connectivity index (χ0n) is 11.6. The summed E-state index contributed by atoms with van der Waals surface area (Å²) in [5, 5.41) is 13.6. The molecule has 1 aliphatic rings. The summed E-state index contributed by atoms with van der Waals surface area (Å²) in [6.45, 7) is 5.52. The van der Waals surface area contributed by atoms with E-state index in [2.05, 4.69) is 15.3 Å². The molecule has 4 N–H and O–H groups in total. The molecule has 1 fully saturated rings. The number of nitrogens with zero attached hydrogens (tertiary/aromatic N) is 2. The molecule has 0 aromatic carbocycles. The van der Waals surface area contributed by atoms with Crippen molar-refractivity contribution in [2.75, 3.05) is 30.8 Å². The van der Waals surface area contributed by atoms with Gasteiger partial charge in [0.25, 0.3) is 0 Å². The standard InChI is InChI=1S/C13H22N4O2/c1-3-10-16-11(14)9(2)12(17-10)15-8-13(18)4-6-19-7-5-13/h18H,3-8H2,1-2H3,(H3,14,15,16,17). The Labute approximate surface area is 113 Å². The summed E-state index contributed by atoms with van der Waals surface area (Å²) in [6.07, 6.45) is 2.01. The Hall–Kier alpha value is -1.40. The summed E-state index contributed by atoms with van der Waals surface area (Å²) < 4.78 is 5.26. The molecule has 0 aliphatic carbocycles. The van der Waals surface area contributed by atoms with Crippen LogP contribution in [0.4, 0.5) is 11.6 Å². The highest BCUT2D eigenvalue weighted by atomic mass is 16.5. The molecule has 6 heteroatoms. The first-order chi connectivity index (χ1) is 9.04. The molecule has 1 aliphatic heterocycles. The Kier molecular flexibility index (Phi) is 4.21. The molecule has 2 heterocycles. The molecule has 1 saturated heterocycles. The van der Waals surface area contributed by atoms with Crippen molar-refractivity contribution in [1.29, 1.82) is 0 Å². The van der Waals surface area contributed by atoms with Gasteiger partial charge in [0, 0.05) is 44.6 Å². The third kappa shape index (κ3) is 3.33. The molecule has 19 heavy (non-hydrogen) atoms. The second-order valence-electron chi connectivity index (χ2n) is 5.04. The van der Waals surface area contributed by atoms with Crippen molar-refractivity contribution in [3.8, 4) is 0 Å². The van der Waals surface area contributed by atoms with Gasteiger partial charge in [-0.25, -0.2) is 9.97 Å². The molecule has 0 spiro atoms. The minimum Gasteiger partial charge on any atom is -0.388 e. The Balaban J connectivity index is 2.08. The lowest BCUT2D eigenvalue weighted by Gasteiger charge is -2.32. The van der Waals surface area contributed by atoms with Gasteiger partial charge in [-0.2, -0.15) is 0 Å². The summed E-state index contributed by atoms with van der Waals surface area (Å²) in [6, 6.07) is 0. The van der Waals surface area contributed by atoms with Crippen molar-refractivity contribution >= 4 is 11.6 Å². The van der Waals surface area contributed by atoms with Gasteiger partial charge in [0.15, 0.2) is 0 Å². The molecular formula is C13H22N4O2. The first-order valence-electron chi connectivity index (χ1n) is 6.71. The lowest BCUT2D eigenvalue weighted by atomic mass is 9.94. The molecule has 0 atom stereocenters. The van der Waals surface area contributed by atoms with Crippen molar-refractivity contribution in [2.24, 2.45) is 0 Å². The molecule has 0 saturated carbocycles. The predicted molar refractivity (Wildman–Crippen MR) is 74.1 cm³/mol. The van der Waals surface area contributed by atoms with Crippen molar-refractivity contribution in [3.05, 3.63) is 11.4 Å². The SMILES string of the molecule is CCc1nc(N)c(C)c(NCC2(O)CCOCC2)n1. The maximum Gasteiger partial charge on any atom is 0.134 e. The van der Waals surface area contributed by atoms with E-state index in [9.17, 15) is 5.11 Å². The lowest BCUT2D eigenvalue weighted by Crippen LogP contribution is -2.42. The smallest absolute Gasteiger partial charge is 0.134 e. The monoisotopic (exact) mass is 266 g/mol. The van der Waals surface area contributed by atoms with Crippen LogP contribution in [-0.2, 0) is 11.2 Å². The second kappa shape index (κ2) is 5.71. The Bertz CT molecular complexity index is 445. The van der Waals surface area contributed by atoms with E-state index in [1.54, 1.807) is 0 Å². The van der Waals surface area contributed by atoms with Crippen molar-refractivity contribution in [3.63, 3.8) is 0 Å². The predicted octanol–water partition coefficient (Wildman–Crippen LogP) is 0.883. The average molecular weight is 266 g/mol. The molecule has 0 radical (unpaired) electrons.